The number of esters is 1. The van der Waals surface area contributed by atoms with E-state index < -0.39 is 10.8 Å². The topological polar surface area (TPSA) is 107 Å². The quantitative estimate of drug-likeness (QED) is 0.553. The van der Waals surface area contributed by atoms with Gasteiger partial charge in [-0.3, -0.25) is 9.59 Å². The van der Waals surface area contributed by atoms with Crippen molar-refractivity contribution in [3.63, 3.8) is 0 Å². The Kier molecular flexibility index (Phi) is 11.7. The first-order valence-corrected chi connectivity index (χ1v) is 5.02. The minimum absolute atomic E-state index is 0.00298. The Labute approximate surface area is 103 Å². The van der Waals surface area contributed by atoms with Crippen LogP contribution in [-0.4, -0.2) is 41.3 Å². The average Bonchev–Trinajstić information content (AvgIpc) is 2.25. The van der Waals surface area contributed by atoms with E-state index in [1.807, 2.05) is 0 Å². The molecule has 0 bridgehead atoms. The number of nitrogens with two attached hydrogens (primary N) is 1. The molecule has 0 spiro atoms. The Morgan fingerprint density at radius 1 is 1.31 bits per heavy atom. The number of carboxylic acid groups (broad SMARTS) is 1. The van der Waals surface area contributed by atoms with Crippen molar-refractivity contribution < 1.29 is 24.2 Å². The number of hydrogen-bond donors (Lipinski definition) is 2. The van der Waals surface area contributed by atoms with E-state index in [1.165, 1.54) is 7.11 Å². The van der Waals surface area contributed by atoms with Crippen LogP contribution in [0.15, 0.2) is 0 Å². The maximum atomic E-state index is 10.5. The van der Waals surface area contributed by atoms with Gasteiger partial charge in [0.05, 0.1) is 20.1 Å². The molecule has 0 saturated carbocycles. The molecule has 0 amide bonds. The summed E-state index contributed by atoms with van der Waals surface area (Å²) in [6, 6.07) is 0. The minimum atomic E-state index is -1.29. The summed E-state index contributed by atoms with van der Waals surface area (Å²) in [7, 11) is 1.29. The van der Waals surface area contributed by atoms with Gasteiger partial charge in [0.1, 0.15) is 5.78 Å². The minimum Gasteiger partial charge on any atom is -0.479 e. The molecule has 0 radical (unpaired) electrons. The number of halogens is 2. The number of alkyl halides is 2. The van der Waals surface area contributed by atoms with Crippen LogP contribution in [0.25, 0.3) is 0 Å². The van der Waals surface area contributed by atoms with Crippen molar-refractivity contribution in [3.8, 4) is 0 Å². The number of hydrogen-bond acceptors (Lipinski definition) is 5. The van der Waals surface area contributed by atoms with E-state index in [4.69, 9.17) is 34.0 Å². The molecule has 0 fully saturated rings. The summed E-state index contributed by atoms with van der Waals surface area (Å²) in [5, 5.41) is 7.73. The van der Waals surface area contributed by atoms with Gasteiger partial charge in [-0.05, 0) is 0 Å². The average molecular weight is 274 g/mol. The van der Waals surface area contributed by atoms with Crippen molar-refractivity contribution >= 4 is 40.9 Å². The summed E-state index contributed by atoms with van der Waals surface area (Å²) in [6.07, 6.45) is 0.315. The number of aliphatic carboxylic acids is 1. The lowest BCUT2D eigenvalue weighted by Crippen LogP contribution is -2.14. The van der Waals surface area contributed by atoms with E-state index in [9.17, 15) is 14.4 Å². The van der Waals surface area contributed by atoms with Gasteiger partial charge in [0.15, 0.2) is 0 Å². The molecule has 8 heteroatoms. The van der Waals surface area contributed by atoms with Crippen LogP contribution in [0.5, 0.6) is 0 Å². The number of rotatable bonds is 5. The lowest BCUT2D eigenvalue weighted by atomic mass is 10.2. The number of Topliss-reactive ketones (excluding diaryl/α,β-unsaturated/α-hetero) is 1. The predicted molar refractivity (Wildman–Crippen MR) is 58.4 cm³/mol. The second-order valence-electron chi connectivity index (χ2n) is 2.46. The molecule has 0 aromatic rings. The molecule has 94 valence electrons. The highest BCUT2D eigenvalue weighted by Crippen LogP contribution is 1.98. The lowest BCUT2D eigenvalue weighted by molar-refractivity contribution is -0.141. The third-order valence-electron chi connectivity index (χ3n) is 1.25. The molecule has 0 heterocycles. The van der Waals surface area contributed by atoms with Gasteiger partial charge in [0.2, 0.25) is 4.84 Å². The van der Waals surface area contributed by atoms with Crippen LogP contribution < -0.4 is 5.73 Å². The van der Waals surface area contributed by atoms with Crippen LogP contribution in [0.4, 0.5) is 0 Å². The largest absolute Gasteiger partial charge is 0.479 e. The fourth-order valence-electron chi connectivity index (χ4n) is 0.446. The molecule has 0 aromatic carbocycles. The summed E-state index contributed by atoms with van der Waals surface area (Å²) >= 11 is 9.56. The first-order chi connectivity index (χ1) is 7.34. The fraction of sp³-hybridized carbons (Fsp3) is 0.625. The Hall–Kier alpha value is -0.850. The van der Waals surface area contributed by atoms with Crippen LogP contribution in [0.1, 0.15) is 12.8 Å². The second kappa shape index (κ2) is 10.7. The SMILES string of the molecule is COC(=O)CCC(=O)CN.O=C(O)C(Cl)Cl. The molecule has 0 aliphatic carbocycles. The molecule has 0 atom stereocenters. The standard InChI is InChI=1S/C6H11NO3.C2H2Cl2O2/c1-10-6(9)3-2-5(8)4-7;3-1(4)2(5)6/h2-4,7H2,1H3;1H,(H,5,6). The van der Waals surface area contributed by atoms with Crippen LogP contribution in [-0.2, 0) is 19.1 Å². The van der Waals surface area contributed by atoms with E-state index in [0.717, 1.165) is 0 Å². The molecule has 3 N–H and O–H groups in total. The van der Waals surface area contributed by atoms with Crippen LogP contribution >= 0.6 is 23.2 Å². The molecule has 0 aromatic heterocycles. The number of ketones is 1. The molecule has 0 aliphatic rings. The summed E-state index contributed by atoms with van der Waals surface area (Å²) in [5.41, 5.74) is 5.00. The third kappa shape index (κ3) is 13.2. The van der Waals surface area contributed by atoms with Crippen LogP contribution in [0, 0.1) is 0 Å². The van der Waals surface area contributed by atoms with Gasteiger partial charge in [0.25, 0.3) is 0 Å². The van der Waals surface area contributed by atoms with Gasteiger partial charge in [-0.25, -0.2) is 4.79 Å². The van der Waals surface area contributed by atoms with Crippen LogP contribution in [0.3, 0.4) is 0 Å². The maximum Gasteiger partial charge on any atom is 0.337 e. The number of methoxy groups -OCH3 is 1. The predicted octanol–water partition coefficient (Wildman–Crippen LogP) is 0.342. The van der Waals surface area contributed by atoms with Crippen LogP contribution in [0.2, 0.25) is 0 Å². The first-order valence-electron chi connectivity index (χ1n) is 4.14. The zero-order valence-electron chi connectivity index (χ0n) is 8.61. The van der Waals surface area contributed by atoms with Crippen molar-refractivity contribution in [3.05, 3.63) is 0 Å². The molecule has 0 aliphatic heterocycles. The smallest absolute Gasteiger partial charge is 0.337 e. The van der Waals surface area contributed by atoms with E-state index in [1.54, 1.807) is 0 Å². The van der Waals surface area contributed by atoms with E-state index in [-0.39, 0.29) is 31.1 Å². The summed E-state index contributed by atoms with van der Waals surface area (Å²) in [6.45, 7) is -0.00298. The van der Waals surface area contributed by atoms with Gasteiger partial charge in [-0.15, -0.1) is 0 Å². The van der Waals surface area contributed by atoms with E-state index >= 15 is 0 Å². The van der Waals surface area contributed by atoms with E-state index in [0.29, 0.717) is 0 Å². The Bertz CT molecular complexity index is 229. The molecule has 16 heavy (non-hydrogen) atoms. The summed E-state index contributed by atoms with van der Waals surface area (Å²) in [5.74, 6) is -1.70. The van der Waals surface area contributed by atoms with Gasteiger partial charge in [0, 0.05) is 6.42 Å². The Morgan fingerprint density at radius 2 is 1.75 bits per heavy atom. The second-order valence-corrected chi connectivity index (χ2v) is 3.55. The highest BCUT2D eigenvalue weighted by Gasteiger charge is 2.05. The fourth-order valence-corrected chi connectivity index (χ4v) is 0.446. The summed E-state index contributed by atoms with van der Waals surface area (Å²) < 4.78 is 4.31. The van der Waals surface area contributed by atoms with Crippen molar-refractivity contribution in [2.45, 2.75) is 17.7 Å². The Morgan fingerprint density at radius 3 is 2.00 bits per heavy atom. The Balaban J connectivity index is 0. The molecular weight excluding hydrogens is 261 g/mol. The first kappa shape index (κ1) is 17.5. The summed E-state index contributed by atoms with van der Waals surface area (Å²) in [4.78, 5) is 29.1. The van der Waals surface area contributed by atoms with Crippen molar-refractivity contribution in [2.75, 3.05) is 13.7 Å². The monoisotopic (exact) mass is 273 g/mol. The zero-order chi connectivity index (χ0) is 13.1. The molecular formula is C8H13Cl2NO5. The van der Waals surface area contributed by atoms with Gasteiger partial charge in [-0.1, -0.05) is 23.2 Å². The number of carboxylic acids is 1. The van der Waals surface area contributed by atoms with Crippen molar-refractivity contribution in [1.29, 1.82) is 0 Å². The van der Waals surface area contributed by atoms with Crippen molar-refractivity contribution in [2.24, 2.45) is 5.73 Å². The molecule has 0 rings (SSSR count). The zero-order valence-corrected chi connectivity index (χ0v) is 10.1. The van der Waals surface area contributed by atoms with Gasteiger partial charge < -0.3 is 15.6 Å². The highest BCUT2D eigenvalue weighted by atomic mass is 35.5. The van der Waals surface area contributed by atoms with Gasteiger partial charge in [-0.2, -0.15) is 0 Å². The van der Waals surface area contributed by atoms with Crippen molar-refractivity contribution in [1.82, 2.24) is 0 Å². The highest BCUT2D eigenvalue weighted by molar-refractivity contribution is 6.52. The molecule has 0 unspecified atom stereocenters. The maximum absolute atomic E-state index is 10.5. The van der Waals surface area contributed by atoms with Gasteiger partial charge >= 0.3 is 11.9 Å². The number of carbonyl (C=O) groups excluding carboxylic acids is 2. The lowest BCUT2D eigenvalue weighted by Gasteiger charge is -1.95. The number of ether oxygens (including phenoxy) is 1. The number of carbonyl (C=O) groups is 3. The normalized spacial score (nSPS) is 9.06. The third-order valence-corrected chi connectivity index (χ3v) is 1.62. The molecule has 6 nitrogen and oxygen atoms in total. The molecule has 0 saturated heterocycles. The van der Waals surface area contributed by atoms with E-state index in [2.05, 4.69) is 4.74 Å².